The highest BCUT2D eigenvalue weighted by atomic mass is 16.7. The van der Waals surface area contributed by atoms with Crippen molar-refractivity contribution in [3.8, 4) is 0 Å². The van der Waals surface area contributed by atoms with E-state index >= 15 is 0 Å². The average Bonchev–Trinajstić information content (AvgIpc) is 2.82. The number of nitrogens with zero attached hydrogens (tertiary/aromatic N) is 2. The van der Waals surface area contributed by atoms with E-state index in [1.807, 2.05) is 0 Å². The number of carbonyl (C=O) groups excluding carboxylic acids is 3. The molecule has 0 aliphatic carbocycles. The van der Waals surface area contributed by atoms with Gasteiger partial charge in [-0.3, -0.25) is 19.0 Å². The lowest BCUT2D eigenvalue weighted by Crippen LogP contribution is -2.41. The molecule has 0 aromatic carbocycles. The minimum atomic E-state index is -1.15. The summed E-state index contributed by atoms with van der Waals surface area (Å²) in [5, 5.41) is 0. The molecular weight excluding hydrogens is 351 g/mol. The highest BCUT2D eigenvalue weighted by Gasteiger charge is 2.50. The van der Waals surface area contributed by atoms with Crippen molar-refractivity contribution < 1.29 is 33.3 Å². The van der Waals surface area contributed by atoms with E-state index in [9.17, 15) is 19.2 Å². The number of nitrogens with two attached hydrogens (primary N) is 1. The van der Waals surface area contributed by atoms with Gasteiger partial charge in [0.05, 0.1) is 0 Å². The molecule has 1 aliphatic rings. The Morgan fingerprint density at radius 3 is 2.31 bits per heavy atom. The van der Waals surface area contributed by atoms with Gasteiger partial charge in [-0.2, -0.15) is 4.98 Å². The molecule has 0 saturated carbocycles. The number of esters is 3. The topological polar surface area (TPSA) is 149 Å². The zero-order chi connectivity index (χ0) is 19.4. The van der Waals surface area contributed by atoms with Gasteiger partial charge in [0, 0.05) is 27.0 Å². The molecule has 0 spiro atoms. The minimum absolute atomic E-state index is 0.00119. The fraction of sp³-hybridized carbons (Fsp3) is 0.533. The number of carbonyl (C=O) groups is 3. The first kappa shape index (κ1) is 19.4. The molecule has 11 heteroatoms. The van der Waals surface area contributed by atoms with E-state index in [-0.39, 0.29) is 12.4 Å². The smallest absolute Gasteiger partial charge is 0.351 e. The standard InChI is InChI=1S/C15H19N3O8/c1-7(19)23-6-10-12(24-8(2)20)13(25-9(3)21)14(26-10)18-5-4-11(16)17-15(18)22/h4-5,10,12-14H,6H2,1-3H3,(H2,16,17,22)/t10-,12-,13-,14-/m1/s1/i16+1. The largest absolute Gasteiger partial charge is 0.463 e. The lowest BCUT2D eigenvalue weighted by atomic mass is 10.1. The van der Waals surface area contributed by atoms with Gasteiger partial charge in [0.15, 0.2) is 18.4 Å². The third kappa shape index (κ3) is 4.57. The van der Waals surface area contributed by atoms with Crippen molar-refractivity contribution in [1.29, 1.82) is 0 Å². The lowest BCUT2D eigenvalue weighted by molar-refractivity contribution is -0.166. The summed E-state index contributed by atoms with van der Waals surface area (Å²) in [6.45, 7) is 3.26. The Morgan fingerprint density at radius 1 is 1.15 bits per heavy atom. The van der Waals surface area contributed by atoms with Crippen LogP contribution < -0.4 is 11.4 Å². The number of aromatic nitrogens is 2. The molecule has 142 valence electrons. The maximum Gasteiger partial charge on any atom is 0.351 e. The highest BCUT2D eigenvalue weighted by molar-refractivity contribution is 5.68. The number of anilines is 1. The van der Waals surface area contributed by atoms with Crippen LogP contribution in [0.4, 0.5) is 5.82 Å². The minimum Gasteiger partial charge on any atom is -0.463 e. The van der Waals surface area contributed by atoms with Crippen LogP contribution in [-0.4, -0.2) is 52.4 Å². The summed E-state index contributed by atoms with van der Waals surface area (Å²) in [6.07, 6.45) is -3.04. The van der Waals surface area contributed by atoms with Crippen LogP contribution in [0.1, 0.15) is 27.0 Å². The Labute approximate surface area is 148 Å². The monoisotopic (exact) mass is 370 g/mol. The second-order valence-electron chi connectivity index (χ2n) is 5.56. The van der Waals surface area contributed by atoms with Gasteiger partial charge in [-0.25, -0.2) is 4.79 Å². The first-order valence-electron chi connectivity index (χ1n) is 7.67. The molecule has 4 atom stereocenters. The molecule has 11 nitrogen and oxygen atoms in total. The van der Waals surface area contributed by atoms with Crippen LogP contribution in [0.15, 0.2) is 17.1 Å². The Balaban J connectivity index is 2.40. The molecular formula is C15H19N3O8. The highest BCUT2D eigenvalue weighted by Crippen LogP contribution is 2.33. The molecule has 2 rings (SSSR count). The quantitative estimate of drug-likeness (QED) is 0.394. The zero-order valence-electron chi connectivity index (χ0n) is 14.4. The second-order valence-corrected chi connectivity index (χ2v) is 5.56. The van der Waals surface area contributed by atoms with Crippen LogP contribution in [0.3, 0.4) is 0 Å². The SMILES string of the molecule is CC(=O)OC[C@H]1O[C@@H](n2ccc([15NH2])nc2=O)[C@H](OC(C)=O)[C@@H]1OC(C)=O. The Kier molecular flexibility index (Phi) is 5.93. The molecule has 0 radical (unpaired) electrons. The van der Waals surface area contributed by atoms with Crippen LogP contribution in [0.5, 0.6) is 0 Å². The van der Waals surface area contributed by atoms with Gasteiger partial charge in [0.2, 0.25) is 0 Å². The summed E-state index contributed by atoms with van der Waals surface area (Å²) in [5.41, 5.74) is 4.72. The zero-order valence-corrected chi connectivity index (χ0v) is 14.4. The summed E-state index contributed by atoms with van der Waals surface area (Å²) in [7, 11) is 0. The van der Waals surface area contributed by atoms with Gasteiger partial charge in [-0.05, 0) is 6.07 Å². The molecule has 1 saturated heterocycles. The van der Waals surface area contributed by atoms with E-state index < -0.39 is 48.1 Å². The van der Waals surface area contributed by atoms with E-state index in [2.05, 4.69) is 4.98 Å². The maximum absolute atomic E-state index is 12.1. The maximum atomic E-state index is 12.1. The molecule has 0 unspecified atom stereocenters. The number of hydrogen-bond donors (Lipinski definition) is 1. The molecule has 1 fully saturated rings. The van der Waals surface area contributed by atoms with Gasteiger partial charge in [0.25, 0.3) is 0 Å². The number of hydrogen-bond acceptors (Lipinski definition) is 10. The number of rotatable bonds is 5. The van der Waals surface area contributed by atoms with E-state index in [0.29, 0.717) is 0 Å². The van der Waals surface area contributed by atoms with Crippen LogP contribution in [0, 0.1) is 0 Å². The first-order valence-corrected chi connectivity index (χ1v) is 7.67. The van der Waals surface area contributed by atoms with Crippen molar-refractivity contribution in [1.82, 2.24) is 9.55 Å². The van der Waals surface area contributed by atoms with Crippen molar-refractivity contribution in [3.63, 3.8) is 0 Å². The number of ether oxygens (including phenoxy) is 4. The van der Waals surface area contributed by atoms with Crippen LogP contribution in [0.2, 0.25) is 0 Å². The van der Waals surface area contributed by atoms with E-state index in [1.54, 1.807) is 0 Å². The van der Waals surface area contributed by atoms with Crippen LogP contribution >= 0.6 is 0 Å². The molecule has 0 amide bonds. The van der Waals surface area contributed by atoms with Crippen molar-refractivity contribution >= 4 is 23.7 Å². The van der Waals surface area contributed by atoms with Crippen molar-refractivity contribution in [2.75, 3.05) is 12.3 Å². The van der Waals surface area contributed by atoms with E-state index in [1.165, 1.54) is 19.2 Å². The fourth-order valence-corrected chi connectivity index (χ4v) is 2.54. The summed E-state index contributed by atoms with van der Waals surface area (Å²) < 4.78 is 22.1. The average molecular weight is 370 g/mol. The van der Waals surface area contributed by atoms with Gasteiger partial charge in [-0.15, -0.1) is 0 Å². The Morgan fingerprint density at radius 2 is 1.77 bits per heavy atom. The predicted octanol–water partition coefficient (Wildman–Crippen LogP) is -0.851. The second kappa shape index (κ2) is 7.95. The molecule has 2 heterocycles. The fourth-order valence-electron chi connectivity index (χ4n) is 2.54. The van der Waals surface area contributed by atoms with E-state index in [4.69, 9.17) is 24.7 Å². The Bertz CT molecular complexity index is 762. The van der Waals surface area contributed by atoms with Crippen molar-refractivity contribution in [3.05, 3.63) is 22.7 Å². The molecule has 1 aromatic rings. The van der Waals surface area contributed by atoms with Gasteiger partial charge >= 0.3 is 23.6 Å². The van der Waals surface area contributed by atoms with E-state index in [0.717, 1.165) is 18.4 Å². The van der Waals surface area contributed by atoms with Crippen LogP contribution in [-0.2, 0) is 33.3 Å². The van der Waals surface area contributed by atoms with Gasteiger partial charge < -0.3 is 24.7 Å². The summed E-state index contributed by atoms with van der Waals surface area (Å²) in [6, 6.07) is 1.36. The molecule has 2 N–H and O–H groups in total. The Hall–Kier alpha value is -2.95. The summed E-state index contributed by atoms with van der Waals surface area (Å²) >= 11 is 0. The molecule has 26 heavy (non-hydrogen) atoms. The third-order valence-electron chi connectivity index (χ3n) is 3.47. The first-order chi connectivity index (χ1) is 12.2. The predicted molar refractivity (Wildman–Crippen MR) is 84.6 cm³/mol. The molecule has 0 bridgehead atoms. The van der Waals surface area contributed by atoms with Gasteiger partial charge in [0.1, 0.15) is 18.5 Å². The third-order valence-corrected chi connectivity index (χ3v) is 3.47. The van der Waals surface area contributed by atoms with Crippen molar-refractivity contribution in [2.24, 2.45) is 0 Å². The summed E-state index contributed by atoms with van der Waals surface area (Å²) in [5.74, 6) is -1.91. The summed E-state index contributed by atoms with van der Waals surface area (Å²) in [4.78, 5) is 49.7. The van der Waals surface area contributed by atoms with Gasteiger partial charge in [-0.1, -0.05) is 0 Å². The normalized spacial score (nSPS) is 24.7. The number of nitrogen functional groups attached to an aromatic ring is 1. The molecule has 1 aromatic heterocycles. The van der Waals surface area contributed by atoms with Crippen LogP contribution in [0.25, 0.3) is 0 Å². The lowest BCUT2D eigenvalue weighted by Gasteiger charge is -2.23. The van der Waals surface area contributed by atoms with Crippen molar-refractivity contribution in [2.45, 2.75) is 45.3 Å². The molecule has 1 aliphatic heterocycles.